The fourth-order valence-corrected chi connectivity index (χ4v) is 4.12. The molecule has 1 saturated carbocycles. The summed E-state index contributed by atoms with van der Waals surface area (Å²) in [6.45, 7) is 3.28. The van der Waals surface area contributed by atoms with Crippen LogP contribution in [-0.4, -0.2) is 54.1 Å². The topological polar surface area (TPSA) is 90.1 Å². The number of hydrogen-bond donors (Lipinski definition) is 2. The molecule has 0 radical (unpaired) electrons. The lowest BCUT2D eigenvalue weighted by Gasteiger charge is -2.33. The number of carboxylic acid groups (broad SMARTS) is 1. The van der Waals surface area contributed by atoms with Crippen LogP contribution in [0.15, 0.2) is 11.8 Å². The Balaban J connectivity index is 1.80. The van der Waals surface area contributed by atoms with E-state index >= 15 is 8.78 Å². The van der Waals surface area contributed by atoms with Gasteiger partial charge in [0, 0.05) is 56.8 Å². The largest absolute Gasteiger partial charge is 0.478 e. The third-order valence-electron chi connectivity index (χ3n) is 5.89. The second-order valence-electron chi connectivity index (χ2n) is 7.70. The average Bonchev–Trinajstić information content (AvgIpc) is 3.54. The van der Waals surface area contributed by atoms with Crippen LogP contribution < -0.4 is 15.5 Å². The summed E-state index contributed by atoms with van der Waals surface area (Å²) in [6, 6.07) is -0.0168. The summed E-state index contributed by atoms with van der Waals surface area (Å²) in [5, 5.41) is 9.41. The van der Waals surface area contributed by atoms with Crippen molar-refractivity contribution < 1.29 is 23.5 Å². The Hall–Kier alpha value is -2.84. The first-order valence-corrected chi connectivity index (χ1v) is 9.87. The Kier molecular flexibility index (Phi) is 4.84. The lowest BCUT2D eigenvalue weighted by molar-refractivity contribution is -0.133. The molecular formula is C20H24F2N4O3. The molecule has 2 fully saturated rings. The first kappa shape index (κ1) is 19.5. The van der Waals surface area contributed by atoms with Gasteiger partial charge in [-0.15, -0.1) is 0 Å². The first-order valence-electron chi connectivity index (χ1n) is 9.87. The predicted molar refractivity (Wildman–Crippen MR) is 105 cm³/mol. The summed E-state index contributed by atoms with van der Waals surface area (Å²) >= 11 is 0. The monoisotopic (exact) mass is 406 g/mol. The van der Waals surface area contributed by atoms with Gasteiger partial charge in [-0.2, -0.15) is 0 Å². The highest BCUT2D eigenvalue weighted by atomic mass is 19.1. The minimum atomic E-state index is -1.13. The molecule has 7 nitrogen and oxygen atoms in total. The van der Waals surface area contributed by atoms with Gasteiger partial charge >= 0.3 is 5.97 Å². The molecule has 2 aliphatic heterocycles. The lowest BCUT2D eigenvalue weighted by atomic mass is 9.95. The molecule has 0 spiro atoms. The van der Waals surface area contributed by atoms with Gasteiger partial charge in [0.2, 0.25) is 5.91 Å². The highest BCUT2D eigenvalue weighted by molar-refractivity contribution is 5.91. The van der Waals surface area contributed by atoms with Crippen molar-refractivity contribution in [1.82, 2.24) is 4.90 Å². The number of amides is 1. The summed E-state index contributed by atoms with van der Waals surface area (Å²) in [7, 11) is 0. The van der Waals surface area contributed by atoms with E-state index < -0.39 is 17.6 Å². The van der Waals surface area contributed by atoms with E-state index in [1.54, 1.807) is 9.80 Å². The molecule has 3 aliphatic rings. The number of nitrogen functional groups attached to an aromatic ring is 1. The second kappa shape index (κ2) is 7.20. The molecule has 9 heteroatoms. The van der Waals surface area contributed by atoms with Gasteiger partial charge in [0.25, 0.3) is 0 Å². The van der Waals surface area contributed by atoms with Crippen molar-refractivity contribution in [2.24, 2.45) is 0 Å². The molecule has 3 N–H and O–H groups in total. The highest BCUT2D eigenvalue weighted by Crippen LogP contribution is 2.46. The van der Waals surface area contributed by atoms with E-state index in [0.717, 1.165) is 12.8 Å². The van der Waals surface area contributed by atoms with Gasteiger partial charge in [0.1, 0.15) is 5.69 Å². The molecule has 1 amide bonds. The van der Waals surface area contributed by atoms with E-state index in [9.17, 15) is 14.7 Å². The summed E-state index contributed by atoms with van der Waals surface area (Å²) in [6.07, 6.45) is 3.09. The molecule has 0 unspecified atom stereocenters. The Morgan fingerprint density at radius 1 is 1.21 bits per heavy atom. The highest BCUT2D eigenvalue weighted by Gasteiger charge is 2.39. The van der Waals surface area contributed by atoms with Gasteiger partial charge in [-0.25, -0.2) is 13.6 Å². The minimum absolute atomic E-state index is 0.0168. The molecule has 1 saturated heterocycles. The number of anilines is 3. The zero-order valence-electron chi connectivity index (χ0n) is 16.3. The summed E-state index contributed by atoms with van der Waals surface area (Å²) in [5.74, 6) is -2.80. The number of rotatable bonds is 4. The van der Waals surface area contributed by atoms with Crippen LogP contribution in [0, 0.1) is 11.6 Å². The van der Waals surface area contributed by atoms with Crippen molar-refractivity contribution in [3.8, 4) is 0 Å². The summed E-state index contributed by atoms with van der Waals surface area (Å²) < 4.78 is 30.9. The number of carbonyl (C=O) groups excluding carboxylic acids is 1. The molecule has 29 heavy (non-hydrogen) atoms. The van der Waals surface area contributed by atoms with E-state index in [-0.39, 0.29) is 59.5 Å². The van der Waals surface area contributed by atoms with Crippen LogP contribution in [0.3, 0.4) is 0 Å². The molecule has 1 aromatic carbocycles. The molecule has 0 atom stereocenters. The number of carboxylic acids is 1. The number of benzene rings is 1. The fourth-order valence-electron chi connectivity index (χ4n) is 4.12. The first-order chi connectivity index (χ1) is 13.8. The smallest absolute Gasteiger partial charge is 0.333 e. The van der Waals surface area contributed by atoms with Crippen molar-refractivity contribution in [2.45, 2.75) is 38.6 Å². The van der Waals surface area contributed by atoms with Crippen LogP contribution in [0.5, 0.6) is 0 Å². The predicted octanol–water partition coefficient (Wildman–Crippen LogP) is 2.10. The van der Waals surface area contributed by atoms with E-state index in [4.69, 9.17) is 5.73 Å². The number of halogens is 2. The van der Waals surface area contributed by atoms with Crippen molar-refractivity contribution in [1.29, 1.82) is 0 Å². The fraction of sp³-hybridized carbons (Fsp3) is 0.500. The third-order valence-corrected chi connectivity index (χ3v) is 5.89. The maximum atomic E-state index is 15.7. The molecule has 4 rings (SSSR count). The summed E-state index contributed by atoms with van der Waals surface area (Å²) in [5.41, 5.74) is 5.99. The Morgan fingerprint density at radius 3 is 2.55 bits per heavy atom. The maximum absolute atomic E-state index is 15.7. The third kappa shape index (κ3) is 3.28. The number of nitrogens with two attached hydrogens (primary N) is 1. The van der Waals surface area contributed by atoms with Gasteiger partial charge in [0.15, 0.2) is 11.6 Å². The van der Waals surface area contributed by atoms with E-state index in [0.29, 0.717) is 19.6 Å². The van der Waals surface area contributed by atoms with E-state index in [1.165, 1.54) is 11.1 Å². The van der Waals surface area contributed by atoms with Gasteiger partial charge in [-0.3, -0.25) is 4.79 Å². The van der Waals surface area contributed by atoms with Crippen LogP contribution in [0.2, 0.25) is 0 Å². The molecule has 0 aromatic heterocycles. The SMILES string of the molecule is CCN1CCN(c2c(F)c(N)c3c(c2F)N(C2CC2)C=C(C(=O)O)C3)CCC1=O. The lowest BCUT2D eigenvalue weighted by Crippen LogP contribution is -2.34. The van der Waals surface area contributed by atoms with Crippen molar-refractivity contribution in [2.75, 3.05) is 41.7 Å². The quantitative estimate of drug-likeness (QED) is 0.745. The van der Waals surface area contributed by atoms with Gasteiger partial charge in [-0.1, -0.05) is 0 Å². The molecule has 1 aromatic rings. The molecular weight excluding hydrogens is 382 g/mol. The number of nitrogens with zero attached hydrogens (tertiary/aromatic N) is 3. The van der Waals surface area contributed by atoms with Crippen LogP contribution in [0.1, 0.15) is 31.7 Å². The van der Waals surface area contributed by atoms with Gasteiger partial charge in [-0.05, 0) is 19.8 Å². The van der Waals surface area contributed by atoms with Gasteiger partial charge < -0.3 is 25.5 Å². The normalized spacial score (nSPS) is 19.8. The number of likely N-dealkylation sites (N-methyl/N-ethyl adjacent to an activating group) is 1. The molecule has 2 heterocycles. The van der Waals surface area contributed by atoms with Crippen LogP contribution in [0.4, 0.5) is 25.8 Å². The standard InChI is InChI=1S/C20H24F2N4O3/c1-2-24-7-8-25(6-5-14(24)27)19-15(21)17(23)13-9-11(20(28)29)10-26(12-3-4-12)18(13)16(19)22/h10,12H,2-9,23H2,1H3,(H,28,29). The Bertz CT molecular complexity index is 914. The van der Waals surface area contributed by atoms with Crippen LogP contribution in [0.25, 0.3) is 0 Å². The van der Waals surface area contributed by atoms with Crippen LogP contribution >= 0.6 is 0 Å². The van der Waals surface area contributed by atoms with Crippen molar-refractivity contribution in [3.05, 3.63) is 29.0 Å². The number of hydrogen-bond acceptors (Lipinski definition) is 5. The van der Waals surface area contributed by atoms with Crippen molar-refractivity contribution >= 4 is 28.9 Å². The van der Waals surface area contributed by atoms with Crippen LogP contribution in [-0.2, 0) is 16.0 Å². The zero-order chi connectivity index (χ0) is 20.9. The summed E-state index contributed by atoms with van der Waals surface area (Å²) in [4.78, 5) is 28.5. The zero-order valence-corrected chi connectivity index (χ0v) is 16.3. The molecule has 1 aliphatic carbocycles. The number of aliphatic carboxylic acids is 1. The van der Waals surface area contributed by atoms with Crippen molar-refractivity contribution in [3.63, 3.8) is 0 Å². The molecule has 0 bridgehead atoms. The minimum Gasteiger partial charge on any atom is -0.478 e. The Labute approximate surface area is 167 Å². The number of fused-ring (bicyclic) bond motifs is 1. The number of carbonyl (C=O) groups is 2. The van der Waals surface area contributed by atoms with Gasteiger partial charge in [0.05, 0.1) is 16.9 Å². The molecule has 156 valence electrons. The Morgan fingerprint density at radius 2 is 1.93 bits per heavy atom. The van der Waals surface area contributed by atoms with E-state index in [1.807, 2.05) is 6.92 Å². The van der Waals surface area contributed by atoms with E-state index in [2.05, 4.69) is 0 Å². The second-order valence-corrected chi connectivity index (χ2v) is 7.70. The maximum Gasteiger partial charge on any atom is 0.333 e. The average molecular weight is 406 g/mol.